The number of amides is 1. The molecule has 0 saturated heterocycles. The molecule has 0 bridgehead atoms. The minimum atomic E-state index is -2.71. The molecule has 0 spiro atoms. The average Bonchev–Trinajstić information content (AvgIpc) is 3.44. The SMILES string of the molecule is CCOc1ccc(Cn2cc(NC(=O)Cn3nc(C(F)F)c(Br)c3C3CC3)cn2)cc1OCC. The van der Waals surface area contributed by atoms with Crippen molar-refractivity contribution in [1.82, 2.24) is 19.6 Å². The zero-order chi connectivity index (χ0) is 24.2. The highest BCUT2D eigenvalue weighted by atomic mass is 79.9. The molecule has 182 valence electrons. The third kappa shape index (κ3) is 5.57. The fourth-order valence-corrected chi connectivity index (χ4v) is 4.49. The van der Waals surface area contributed by atoms with Gasteiger partial charge in [0.1, 0.15) is 12.2 Å². The summed E-state index contributed by atoms with van der Waals surface area (Å²) in [6.07, 6.45) is 2.34. The molecule has 1 aliphatic rings. The fourth-order valence-electron chi connectivity index (χ4n) is 3.71. The summed E-state index contributed by atoms with van der Waals surface area (Å²) < 4.78 is 41.2. The van der Waals surface area contributed by atoms with Gasteiger partial charge in [-0.15, -0.1) is 0 Å². The van der Waals surface area contributed by atoms with Crippen LogP contribution in [-0.2, 0) is 17.9 Å². The minimum absolute atomic E-state index is 0.153. The van der Waals surface area contributed by atoms with Gasteiger partial charge in [0.15, 0.2) is 11.5 Å². The third-order valence-corrected chi connectivity index (χ3v) is 6.10. The maximum Gasteiger partial charge on any atom is 0.283 e. The Bertz CT molecular complexity index is 1160. The lowest BCUT2D eigenvalue weighted by molar-refractivity contribution is -0.117. The molecule has 2 aromatic heterocycles. The van der Waals surface area contributed by atoms with Gasteiger partial charge in [-0.2, -0.15) is 10.2 Å². The molecule has 0 aliphatic heterocycles. The molecular weight excluding hydrogens is 512 g/mol. The fraction of sp³-hybridized carbons (Fsp3) is 0.435. The molecule has 1 amide bonds. The van der Waals surface area contributed by atoms with E-state index in [-0.39, 0.29) is 24.1 Å². The third-order valence-electron chi connectivity index (χ3n) is 5.29. The van der Waals surface area contributed by atoms with E-state index in [0.29, 0.717) is 47.1 Å². The summed E-state index contributed by atoms with van der Waals surface area (Å²) in [4.78, 5) is 12.6. The van der Waals surface area contributed by atoms with Crippen LogP contribution < -0.4 is 14.8 Å². The first-order valence-corrected chi connectivity index (χ1v) is 11.9. The molecule has 4 rings (SSSR count). The van der Waals surface area contributed by atoms with Crippen LogP contribution in [0.3, 0.4) is 0 Å². The van der Waals surface area contributed by atoms with E-state index in [1.165, 1.54) is 4.68 Å². The van der Waals surface area contributed by atoms with Crippen molar-refractivity contribution in [2.75, 3.05) is 18.5 Å². The van der Waals surface area contributed by atoms with Crippen LogP contribution in [0.4, 0.5) is 14.5 Å². The molecule has 1 N–H and O–H groups in total. The Morgan fingerprint density at radius 3 is 2.65 bits per heavy atom. The Morgan fingerprint density at radius 1 is 1.24 bits per heavy atom. The van der Waals surface area contributed by atoms with E-state index in [4.69, 9.17) is 9.47 Å². The molecule has 1 fully saturated rings. The molecule has 1 aromatic carbocycles. The number of anilines is 1. The summed E-state index contributed by atoms with van der Waals surface area (Å²) in [6.45, 7) is 5.21. The van der Waals surface area contributed by atoms with Gasteiger partial charge < -0.3 is 14.8 Å². The average molecular weight is 538 g/mol. The number of carbonyl (C=O) groups is 1. The number of alkyl halides is 2. The van der Waals surface area contributed by atoms with Crippen LogP contribution in [0.2, 0.25) is 0 Å². The van der Waals surface area contributed by atoms with Crippen molar-refractivity contribution in [3.8, 4) is 11.5 Å². The zero-order valence-corrected chi connectivity index (χ0v) is 20.5. The van der Waals surface area contributed by atoms with Crippen LogP contribution >= 0.6 is 15.9 Å². The highest BCUT2D eigenvalue weighted by Crippen LogP contribution is 2.45. The van der Waals surface area contributed by atoms with E-state index in [1.807, 2.05) is 32.0 Å². The number of benzene rings is 1. The largest absolute Gasteiger partial charge is 0.490 e. The Balaban J connectivity index is 1.41. The number of carbonyl (C=O) groups excluding carboxylic acids is 1. The minimum Gasteiger partial charge on any atom is -0.490 e. The van der Waals surface area contributed by atoms with Gasteiger partial charge in [-0.05, 0) is 60.3 Å². The Labute approximate surface area is 204 Å². The van der Waals surface area contributed by atoms with Crippen molar-refractivity contribution in [3.63, 3.8) is 0 Å². The summed E-state index contributed by atoms with van der Waals surface area (Å²) in [5.74, 6) is 1.15. The Hall–Kier alpha value is -2.95. The molecule has 0 atom stereocenters. The van der Waals surface area contributed by atoms with Crippen LogP contribution in [-0.4, -0.2) is 38.7 Å². The maximum atomic E-state index is 13.3. The zero-order valence-electron chi connectivity index (χ0n) is 18.9. The summed E-state index contributed by atoms with van der Waals surface area (Å²) in [5.41, 5.74) is 1.79. The van der Waals surface area contributed by atoms with Gasteiger partial charge in [-0.1, -0.05) is 6.07 Å². The summed E-state index contributed by atoms with van der Waals surface area (Å²) in [7, 11) is 0. The smallest absolute Gasteiger partial charge is 0.283 e. The number of ether oxygens (including phenoxy) is 2. The molecular formula is C23H26BrF2N5O3. The van der Waals surface area contributed by atoms with Crippen molar-refractivity contribution in [2.45, 2.75) is 52.1 Å². The van der Waals surface area contributed by atoms with Crippen molar-refractivity contribution in [2.24, 2.45) is 0 Å². The summed E-state index contributed by atoms with van der Waals surface area (Å²) in [6, 6.07) is 5.70. The first-order chi connectivity index (χ1) is 16.4. The van der Waals surface area contributed by atoms with E-state index >= 15 is 0 Å². The topological polar surface area (TPSA) is 83.2 Å². The molecule has 8 nitrogen and oxygen atoms in total. The predicted octanol–water partition coefficient (Wildman–Crippen LogP) is 5.14. The Morgan fingerprint density at radius 2 is 1.97 bits per heavy atom. The van der Waals surface area contributed by atoms with Gasteiger partial charge in [0.25, 0.3) is 6.43 Å². The van der Waals surface area contributed by atoms with Crippen LogP contribution in [0.1, 0.15) is 56.0 Å². The quantitative estimate of drug-likeness (QED) is 0.366. The van der Waals surface area contributed by atoms with Crippen LogP contribution in [0.5, 0.6) is 11.5 Å². The van der Waals surface area contributed by atoms with Crippen LogP contribution in [0.25, 0.3) is 0 Å². The molecule has 2 heterocycles. The molecule has 0 radical (unpaired) electrons. The first kappa shape index (κ1) is 24.2. The van der Waals surface area contributed by atoms with Crippen LogP contribution in [0.15, 0.2) is 35.1 Å². The number of halogens is 3. The number of nitrogens with zero attached hydrogens (tertiary/aromatic N) is 4. The lowest BCUT2D eigenvalue weighted by Gasteiger charge is -2.12. The lowest BCUT2D eigenvalue weighted by atomic mass is 10.2. The highest BCUT2D eigenvalue weighted by Gasteiger charge is 2.34. The molecule has 34 heavy (non-hydrogen) atoms. The normalized spacial score (nSPS) is 13.4. The van der Waals surface area contributed by atoms with Crippen molar-refractivity contribution in [1.29, 1.82) is 0 Å². The van der Waals surface area contributed by atoms with Gasteiger partial charge in [0.2, 0.25) is 5.91 Å². The lowest BCUT2D eigenvalue weighted by Crippen LogP contribution is -2.20. The molecule has 1 saturated carbocycles. The molecule has 11 heteroatoms. The second-order valence-electron chi connectivity index (χ2n) is 7.94. The number of nitrogens with one attached hydrogen (secondary N) is 1. The van der Waals surface area contributed by atoms with Gasteiger partial charge in [0, 0.05) is 12.1 Å². The predicted molar refractivity (Wildman–Crippen MR) is 126 cm³/mol. The van der Waals surface area contributed by atoms with Gasteiger partial charge in [-0.25, -0.2) is 8.78 Å². The van der Waals surface area contributed by atoms with E-state index in [0.717, 1.165) is 18.4 Å². The Kier molecular flexibility index (Phi) is 7.50. The monoisotopic (exact) mass is 537 g/mol. The van der Waals surface area contributed by atoms with Crippen molar-refractivity contribution in [3.05, 3.63) is 52.0 Å². The van der Waals surface area contributed by atoms with E-state index in [9.17, 15) is 13.6 Å². The van der Waals surface area contributed by atoms with E-state index in [2.05, 4.69) is 31.4 Å². The van der Waals surface area contributed by atoms with Crippen molar-refractivity contribution < 1.29 is 23.0 Å². The second-order valence-corrected chi connectivity index (χ2v) is 8.73. The maximum absolute atomic E-state index is 13.3. The molecule has 3 aromatic rings. The highest BCUT2D eigenvalue weighted by molar-refractivity contribution is 9.10. The number of rotatable bonds is 11. The van der Waals surface area contributed by atoms with E-state index in [1.54, 1.807) is 17.1 Å². The summed E-state index contributed by atoms with van der Waals surface area (Å²) >= 11 is 3.24. The molecule has 1 aliphatic carbocycles. The van der Waals surface area contributed by atoms with Gasteiger partial charge in [-0.3, -0.25) is 14.2 Å². The molecule has 0 unspecified atom stereocenters. The van der Waals surface area contributed by atoms with Gasteiger partial charge in [0.05, 0.1) is 41.8 Å². The number of hydrogen-bond donors (Lipinski definition) is 1. The van der Waals surface area contributed by atoms with Gasteiger partial charge >= 0.3 is 0 Å². The van der Waals surface area contributed by atoms with Crippen molar-refractivity contribution >= 4 is 27.5 Å². The summed E-state index contributed by atoms with van der Waals surface area (Å²) in [5, 5.41) is 11.0. The standard InChI is InChI=1S/C23H26BrF2N5O3/c1-3-33-17-8-5-14(9-18(17)34-4-2)11-30-12-16(10-27-30)28-19(32)13-31-22(15-6-7-15)20(24)21(29-31)23(25)26/h5,8-10,12,15,23H,3-4,6-7,11,13H2,1-2H3,(H,28,32). The first-order valence-electron chi connectivity index (χ1n) is 11.1. The number of aromatic nitrogens is 4. The van der Waals surface area contributed by atoms with Crippen LogP contribution in [0, 0.1) is 0 Å². The number of hydrogen-bond acceptors (Lipinski definition) is 5. The second kappa shape index (κ2) is 10.5. The van der Waals surface area contributed by atoms with E-state index < -0.39 is 6.43 Å².